The summed E-state index contributed by atoms with van der Waals surface area (Å²) in [5, 5.41) is 30.9. The van der Waals surface area contributed by atoms with Crippen LogP contribution in [0.1, 0.15) is 43.1 Å². The van der Waals surface area contributed by atoms with Crippen LogP contribution in [-0.4, -0.2) is 113 Å². The van der Waals surface area contributed by atoms with E-state index < -0.39 is 18.1 Å². The molecule has 0 unspecified atom stereocenters. The lowest BCUT2D eigenvalue weighted by molar-refractivity contribution is -0.141. The molecule has 360 valence electrons. The van der Waals surface area contributed by atoms with E-state index in [9.17, 15) is 19.8 Å². The van der Waals surface area contributed by atoms with Gasteiger partial charge in [0.05, 0.1) is 11.0 Å². The Kier molecular flexibility index (Phi) is 15.3. The fourth-order valence-electron chi connectivity index (χ4n) is 8.94. The van der Waals surface area contributed by atoms with Crippen molar-refractivity contribution in [3.05, 3.63) is 130 Å². The average Bonchev–Trinajstić information content (AvgIpc) is 4.16. The number of hydrogen-bond acceptors (Lipinski definition) is 13. The molecule has 2 aliphatic rings. The number of piperazine rings is 1. The third-order valence-corrected chi connectivity index (χ3v) is 15.5. The summed E-state index contributed by atoms with van der Waals surface area (Å²) < 4.78 is 26.3. The van der Waals surface area contributed by atoms with E-state index in [4.69, 9.17) is 18.7 Å². The van der Waals surface area contributed by atoms with E-state index in [0.29, 0.717) is 43.7 Å². The summed E-state index contributed by atoms with van der Waals surface area (Å²) in [6.07, 6.45) is -0.646. The van der Waals surface area contributed by atoms with Crippen LogP contribution in [0.4, 0.5) is 0 Å². The van der Waals surface area contributed by atoms with Crippen LogP contribution in [-0.2, 0) is 16.1 Å². The number of thiophene rings is 2. The van der Waals surface area contributed by atoms with Crippen LogP contribution < -0.4 is 19.5 Å². The van der Waals surface area contributed by atoms with Crippen molar-refractivity contribution in [1.29, 1.82) is 0 Å². The van der Waals surface area contributed by atoms with Crippen molar-refractivity contribution in [2.75, 3.05) is 59.0 Å². The van der Waals surface area contributed by atoms with E-state index in [1.807, 2.05) is 68.4 Å². The molecule has 0 spiro atoms. The number of aromatic hydroxyl groups is 1. The standard InChI is InChI=1S/C53H56BrN5O8S2/c1-33(2)48(53(63)59-32-40(61)28-44(59)52(62)55-31-35-4-6-36(7-5-35)50-34(3)18-27-68-50)45-30-47(56-67-45)65-26-24-58-21-19-57(20-22-58)23-25-64-41-13-15-42(16-14-41)66-49-43-17-12-39(60)29-46(43)69-51(49)37-8-10-38(54)11-9-37/h4-18,27,29-30,33,40,44,48,60-61H,19-26,28,31-32H2,1-3H3,(H,55,62)/t40-,44+,48-/m1/s1. The fourth-order valence-corrected chi connectivity index (χ4v) is 11.3. The van der Waals surface area contributed by atoms with Crippen molar-refractivity contribution >= 4 is 60.5 Å². The van der Waals surface area contributed by atoms with Gasteiger partial charge >= 0.3 is 0 Å². The molecule has 2 amide bonds. The average molecular weight is 1040 g/mol. The highest BCUT2D eigenvalue weighted by molar-refractivity contribution is 9.10. The lowest BCUT2D eigenvalue weighted by Crippen LogP contribution is -2.48. The van der Waals surface area contributed by atoms with Gasteiger partial charge in [0.25, 0.3) is 5.88 Å². The van der Waals surface area contributed by atoms with E-state index in [-0.39, 0.29) is 36.4 Å². The molecular formula is C53H56BrN5O8S2. The van der Waals surface area contributed by atoms with Crippen molar-refractivity contribution in [2.24, 2.45) is 5.92 Å². The Labute approximate surface area is 418 Å². The number of amides is 2. The van der Waals surface area contributed by atoms with E-state index in [2.05, 4.69) is 78.8 Å². The molecule has 0 aliphatic carbocycles. The van der Waals surface area contributed by atoms with Gasteiger partial charge in [-0.1, -0.05) is 66.2 Å². The minimum absolute atomic E-state index is 0.0650. The zero-order chi connectivity index (χ0) is 48.0. The Morgan fingerprint density at radius 3 is 2.20 bits per heavy atom. The number of phenols is 1. The number of rotatable bonds is 18. The van der Waals surface area contributed by atoms with E-state index >= 15 is 0 Å². The van der Waals surface area contributed by atoms with Gasteiger partial charge in [0.15, 0.2) is 11.5 Å². The smallest absolute Gasteiger partial charge is 0.254 e. The van der Waals surface area contributed by atoms with Crippen molar-refractivity contribution in [2.45, 2.75) is 51.8 Å². The summed E-state index contributed by atoms with van der Waals surface area (Å²) in [5.41, 5.74) is 4.35. The maximum absolute atomic E-state index is 14.1. The Bertz CT molecular complexity index is 2840. The number of carbonyl (C=O) groups is 2. The van der Waals surface area contributed by atoms with Crippen molar-refractivity contribution < 1.29 is 38.5 Å². The first-order chi connectivity index (χ1) is 33.4. The van der Waals surface area contributed by atoms with Crippen LogP contribution in [0.5, 0.6) is 28.9 Å². The Hall–Kier alpha value is -5.75. The summed E-state index contributed by atoms with van der Waals surface area (Å²) in [6.45, 7) is 12.4. The van der Waals surface area contributed by atoms with Gasteiger partial charge in [0.1, 0.15) is 42.4 Å². The van der Waals surface area contributed by atoms with E-state index in [0.717, 1.165) is 80.3 Å². The molecule has 2 saturated heterocycles. The monoisotopic (exact) mass is 1030 g/mol. The summed E-state index contributed by atoms with van der Waals surface area (Å²) in [4.78, 5) is 36.1. The number of aliphatic hydroxyl groups is 1. The second-order valence-electron chi connectivity index (χ2n) is 17.9. The lowest BCUT2D eigenvalue weighted by Gasteiger charge is -2.34. The molecule has 0 bridgehead atoms. The number of aromatic nitrogens is 1. The van der Waals surface area contributed by atoms with Crippen LogP contribution >= 0.6 is 38.6 Å². The number of nitrogens with zero attached hydrogens (tertiary/aromatic N) is 4. The third kappa shape index (κ3) is 11.7. The Morgan fingerprint density at radius 2 is 1.52 bits per heavy atom. The maximum atomic E-state index is 14.1. The minimum atomic E-state index is -0.809. The van der Waals surface area contributed by atoms with Gasteiger partial charge in [-0.25, -0.2) is 0 Å². The molecule has 3 N–H and O–H groups in total. The van der Waals surface area contributed by atoms with Crippen LogP contribution in [0, 0.1) is 12.8 Å². The van der Waals surface area contributed by atoms with E-state index in [1.54, 1.807) is 40.9 Å². The second kappa shape index (κ2) is 21.9. The number of carbonyl (C=O) groups excluding carboxylic acids is 2. The number of nitrogens with one attached hydrogen (secondary N) is 1. The zero-order valence-corrected chi connectivity index (χ0v) is 42.0. The summed E-state index contributed by atoms with van der Waals surface area (Å²) in [7, 11) is 0. The predicted octanol–water partition coefficient (Wildman–Crippen LogP) is 9.95. The number of hydrogen-bond donors (Lipinski definition) is 3. The van der Waals surface area contributed by atoms with E-state index in [1.165, 1.54) is 15.3 Å². The number of aliphatic hydroxyl groups excluding tert-OH is 1. The second-order valence-corrected chi connectivity index (χ2v) is 20.8. The van der Waals surface area contributed by atoms with Gasteiger partial charge in [-0.05, 0) is 106 Å². The van der Waals surface area contributed by atoms with Crippen LogP contribution in [0.15, 0.2) is 118 Å². The number of benzene rings is 4. The Balaban J connectivity index is 0.702. The number of phenolic OH excluding ortho intramolecular Hbond substituents is 1. The Morgan fingerprint density at radius 1 is 0.855 bits per heavy atom. The zero-order valence-electron chi connectivity index (χ0n) is 38.8. The molecular weight excluding hydrogens is 979 g/mol. The number of fused-ring (bicyclic) bond motifs is 1. The first-order valence-electron chi connectivity index (χ1n) is 23.3. The van der Waals surface area contributed by atoms with Gasteiger partial charge in [-0.15, -0.1) is 22.7 Å². The van der Waals surface area contributed by atoms with Crippen molar-refractivity contribution in [3.63, 3.8) is 0 Å². The fraction of sp³-hybridized carbons (Fsp3) is 0.340. The molecule has 3 atom stereocenters. The number of β-amino-alcohol motifs (C(OH)–C–C–N with tert-alkyl or cyclic N) is 1. The van der Waals surface area contributed by atoms with Gasteiger partial charge in [-0.2, -0.15) is 0 Å². The van der Waals surface area contributed by atoms with Gasteiger partial charge in [0, 0.05) is 84.3 Å². The highest BCUT2D eigenvalue weighted by Gasteiger charge is 2.43. The molecule has 13 nitrogen and oxygen atoms in total. The number of ether oxygens (including phenoxy) is 3. The number of aryl methyl sites for hydroxylation is 1. The highest BCUT2D eigenvalue weighted by atomic mass is 79.9. The quantitative estimate of drug-likeness (QED) is 0.0754. The minimum Gasteiger partial charge on any atom is -0.508 e. The molecule has 2 aliphatic heterocycles. The molecule has 3 aromatic heterocycles. The number of likely N-dealkylation sites (tertiary alicyclic amines) is 1. The molecule has 5 heterocycles. The van der Waals surface area contributed by atoms with Crippen LogP contribution in [0.25, 0.3) is 31.0 Å². The van der Waals surface area contributed by atoms with Crippen molar-refractivity contribution in [1.82, 2.24) is 25.2 Å². The largest absolute Gasteiger partial charge is 0.508 e. The van der Waals surface area contributed by atoms with Crippen molar-refractivity contribution in [3.8, 4) is 49.8 Å². The molecule has 7 aromatic rings. The van der Waals surface area contributed by atoms with Gasteiger partial charge in [0.2, 0.25) is 11.8 Å². The number of halogens is 1. The van der Waals surface area contributed by atoms with Crippen LogP contribution in [0.2, 0.25) is 0 Å². The van der Waals surface area contributed by atoms with Gasteiger partial charge < -0.3 is 39.2 Å². The third-order valence-electron chi connectivity index (χ3n) is 12.7. The predicted molar refractivity (Wildman–Crippen MR) is 274 cm³/mol. The molecule has 69 heavy (non-hydrogen) atoms. The molecule has 0 radical (unpaired) electrons. The first-order valence-corrected chi connectivity index (χ1v) is 25.8. The summed E-state index contributed by atoms with van der Waals surface area (Å²) in [5.74, 6) is 1.65. The molecule has 4 aromatic carbocycles. The molecule has 16 heteroatoms. The SMILES string of the molecule is Cc1ccsc1-c1ccc(CNC(=O)[C@@H]2C[C@@H](O)CN2C(=O)[C@@H](c2cc(OCCN3CCN(CCOc4ccc(Oc5c(-c6ccc(Br)cc6)sc6cc(O)ccc56)cc4)CC3)no2)C(C)C)cc1. The maximum Gasteiger partial charge on any atom is 0.254 e. The molecule has 0 saturated carbocycles. The van der Waals surface area contributed by atoms with Gasteiger partial charge in [-0.3, -0.25) is 19.4 Å². The summed E-state index contributed by atoms with van der Waals surface area (Å²) >= 11 is 6.81. The highest BCUT2D eigenvalue weighted by Crippen LogP contribution is 2.47. The van der Waals surface area contributed by atoms with Crippen LogP contribution in [0.3, 0.4) is 0 Å². The topological polar surface area (TPSA) is 150 Å². The molecule has 9 rings (SSSR count). The normalized spacial score (nSPS) is 17.1. The lowest BCUT2D eigenvalue weighted by atomic mass is 9.91. The summed E-state index contributed by atoms with van der Waals surface area (Å²) in [6, 6.07) is 32.2. The first kappa shape index (κ1) is 48.3. The molecule has 2 fully saturated rings.